The molecule has 0 bridgehead atoms. The average molecular weight is 502 g/mol. The Balaban J connectivity index is 2.05. The predicted molar refractivity (Wildman–Crippen MR) is 114 cm³/mol. The Morgan fingerprint density at radius 2 is 1.84 bits per heavy atom. The normalized spacial score (nSPS) is 16.2. The van der Waals surface area contributed by atoms with Crippen LogP contribution in [0.25, 0.3) is 6.08 Å². The Bertz CT molecular complexity index is 902. The van der Waals surface area contributed by atoms with Gasteiger partial charge in [-0.1, -0.05) is 27.7 Å². The molecule has 0 unspecified atom stereocenters. The van der Waals surface area contributed by atoms with Gasteiger partial charge in [0.15, 0.2) is 4.32 Å². The number of carbonyl (C=O) groups excluding carboxylic acids is 1. The molecule has 3 rings (SSSR count). The van der Waals surface area contributed by atoms with E-state index in [1.807, 2.05) is 48.9 Å². The maximum Gasteiger partial charge on any atom is 0.285 e. The molecule has 0 atom stereocenters. The van der Waals surface area contributed by atoms with Gasteiger partial charge in [0.05, 0.1) is 16.5 Å². The van der Waals surface area contributed by atoms with Crippen molar-refractivity contribution in [2.24, 2.45) is 0 Å². The van der Waals surface area contributed by atoms with Crippen molar-refractivity contribution in [3.8, 4) is 5.75 Å². The van der Waals surface area contributed by atoms with Gasteiger partial charge < -0.3 is 4.74 Å². The lowest BCUT2D eigenvalue weighted by molar-refractivity contribution is -0.114. The lowest BCUT2D eigenvalue weighted by atomic mass is 10.2. The van der Waals surface area contributed by atoms with Crippen LogP contribution in [-0.2, 0) is 4.79 Å². The molecule has 8 heteroatoms. The Labute approximate surface area is 172 Å². The van der Waals surface area contributed by atoms with Crippen molar-refractivity contribution in [3.63, 3.8) is 0 Å². The molecule has 1 aromatic heterocycles. The highest BCUT2D eigenvalue weighted by molar-refractivity contribution is 9.11. The van der Waals surface area contributed by atoms with E-state index in [2.05, 4.69) is 31.9 Å². The van der Waals surface area contributed by atoms with Crippen LogP contribution in [0.4, 0.5) is 0 Å². The van der Waals surface area contributed by atoms with E-state index in [9.17, 15) is 4.79 Å². The molecule has 0 saturated carbocycles. The topological polar surface area (TPSA) is 34.5 Å². The highest BCUT2D eigenvalue weighted by Gasteiger charge is 2.35. The number of benzene rings is 1. The van der Waals surface area contributed by atoms with Crippen LogP contribution in [0.1, 0.15) is 17.0 Å². The summed E-state index contributed by atoms with van der Waals surface area (Å²) in [7, 11) is 1.60. The number of aryl methyl sites for hydroxylation is 2. The van der Waals surface area contributed by atoms with Crippen LogP contribution >= 0.6 is 55.8 Å². The molecule has 4 nitrogen and oxygen atoms in total. The number of methoxy groups -OCH3 is 1. The van der Waals surface area contributed by atoms with Crippen molar-refractivity contribution in [3.05, 3.63) is 55.1 Å². The third-order valence-electron chi connectivity index (χ3n) is 3.74. The monoisotopic (exact) mass is 500 g/mol. The average Bonchev–Trinajstić information content (AvgIpc) is 2.99. The fourth-order valence-corrected chi connectivity index (χ4v) is 5.30. The van der Waals surface area contributed by atoms with E-state index in [4.69, 9.17) is 17.0 Å². The van der Waals surface area contributed by atoms with Crippen LogP contribution in [-0.4, -0.2) is 22.0 Å². The number of carbonyl (C=O) groups is 1. The highest BCUT2D eigenvalue weighted by atomic mass is 79.9. The van der Waals surface area contributed by atoms with Crippen molar-refractivity contribution in [1.82, 2.24) is 4.68 Å². The highest BCUT2D eigenvalue weighted by Crippen LogP contribution is 2.38. The van der Waals surface area contributed by atoms with Crippen molar-refractivity contribution in [2.75, 3.05) is 12.1 Å². The number of aromatic nitrogens is 1. The molecular formula is C17H14Br2N2O2S2. The first-order valence-corrected chi connectivity index (χ1v) is 10.1. The van der Waals surface area contributed by atoms with Crippen molar-refractivity contribution >= 4 is 72.1 Å². The molecule has 0 radical (unpaired) electrons. The van der Waals surface area contributed by atoms with E-state index in [1.54, 1.807) is 7.11 Å². The summed E-state index contributed by atoms with van der Waals surface area (Å²) < 4.78 is 9.50. The summed E-state index contributed by atoms with van der Waals surface area (Å²) in [5, 5.41) is 1.54. The molecule has 1 aliphatic heterocycles. The molecule has 0 spiro atoms. The number of thiocarbonyl (C=S) groups is 1. The van der Waals surface area contributed by atoms with Gasteiger partial charge in [-0.15, -0.1) is 0 Å². The molecule has 130 valence electrons. The van der Waals surface area contributed by atoms with Crippen LogP contribution in [0.5, 0.6) is 5.75 Å². The van der Waals surface area contributed by atoms with Crippen molar-refractivity contribution in [1.29, 1.82) is 0 Å². The van der Waals surface area contributed by atoms with E-state index >= 15 is 0 Å². The minimum absolute atomic E-state index is 0.143. The van der Waals surface area contributed by atoms with Gasteiger partial charge in [0.2, 0.25) is 0 Å². The molecule has 2 aromatic rings. The van der Waals surface area contributed by atoms with Crippen LogP contribution in [0, 0.1) is 13.8 Å². The zero-order valence-electron chi connectivity index (χ0n) is 13.7. The maximum atomic E-state index is 13.0. The van der Waals surface area contributed by atoms with Gasteiger partial charge >= 0.3 is 0 Å². The quantitative estimate of drug-likeness (QED) is 0.429. The van der Waals surface area contributed by atoms with E-state index in [-0.39, 0.29) is 5.91 Å². The number of hydrogen-bond acceptors (Lipinski definition) is 4. The Morgan fingerprint density at radius 3 is 2.44 bits per heavy atom. The predicted octanol–water partition coefficient (Wildman–Crippen LogP) is 5.18. The maximum absolute atomic E-state index is 13.0. The van der Waals surface area contributed by atoms with Gasteiger partial charge in [-0.25, -0.2) is 0 Å². The second kappa shape index (κ2) is 7.26. The number of rotatable bonds is 3. The first-order chi connectivity index (χ1) is 11.8. The largest absolute Gasteiger partial charge is 0.495 e. The van der Waals surface area contributed by atoms with Gasteiger partial charge in [0, 0.05) is 21.4 Å². The Hall–Kier alpha value is -1.09. The van der Waals surface area contributed by atoms with Crippen LogP contribution in [0.2, 0.25) is 0 Å². The van der Waals surface area contributed by atoms with Crippen molar-refractivity contribution < 1.29 is 9.53 Å². The number of thioether (sulfide) groups is 1. The number of halogens is 2. The lowest BCUT2D eigenvalue weighted by Gasteiger charge is -2.20. The molecule has 25 heavy (non-hydrogen) atoms. The second-order valence-electron chi connectivity index (χ2n) is 5.43. The van der Waals surface area contributed by atoms with Crippen molar-refractivity contribution in [2.45, 2.75) is 13.8 Å². The lowest BCUT2D eigenvalue weighted by Crippen LogP contribution is -2.39. The summed E-state index contributed by atoms with van der Waals surface area (Å²) in [5.41, 5.74) is 2.71. The SMILES string of the molecule is COc1c(Br)cc(Br)cc1/C=C1/SC(=S)N(n2c(C)ccc2C)C1=O. The van der Waals surface area contributed by atoms with Gasteiger partial charge in [-0.3, -0.25) is 9.47 Å². The standard InChI is InChI=1S/C17H14Br2N2O2S2/c1-9-4-5-10(2)20(9)21-16(22)14(25-17(21)24)7-11-6-12(18)8-13(19)15(11)23-3/h4-8H,1-3H3/b14-7+. The van der Waals surface area contributed by atoms with E-state index < -0.39 is 0 Å². The summed E-state index contributed by atoms with van der Waals surface area (Å²) in [4.78, 5) is 13.5. The van der Waals surface area contributed by atoms with Gasteiger partial charge in [0.25, 0.3) is 5.91 Å². The third-order valence-corrected chi connectivity index (χ3v) is 6.06. The number of amides is 1. The molecule has 1 aromatic carbocycles. The Morgan fingerprint density at radius 1 is 1.20 bits per heavy atom. The number of nitrogens with zero attached hydrogens (tertiary/aromatic N) is 2. The van der Waals surface area contributed by atoms with E-state index in [0.717, 1.165) is 25.9 Å². The fraction of sp³-hybridized carbons (Fsp3) is 0.176. The molecule has 1 amide bonds. The minimum Gasteiger partial charge on any atom is -0.495 e. The summed E-state index contributed by atoms with van der Waals surface area (Å²) >= 11 is 13.7. The second-order valence-corrected chi connectivity index (χ2v) is 8.88. The van der Waals surface area contributed by atoms with E-state index in [0.29, 0.717) is 15.0 Å². The van der Waals surface area contributed by atoms with Crippen LogP contribution in [0.15, 0.2) is 38.1 Å². The molecular weight excluding hydrogens is 488 g/mol. The molecule has 2 heterocycles. The summed E-state index contributed by atoms with van der Waals surface area (Å²) in [6, 6.07) is 7.73. The first-order valence-electron chi connectivity index (χ1n) is 7.29. The molecule has 0 aliphatic carbocycles. The van der Waals surface area contributed by atoms with Crippen LogP contribution in [0.3, 0.4) is 0 Å². The zero-order valence-corrected chi connectivity index (χ0v) is 18.5. The van der Waals surface area contributed by atoms with Gasteiger partial charge in [-0.05, 0) is 72.3 Å². The van der Waals surface area contributed by atoms with Gasteiger partial charge in [-0.2, -0.15) is 5.01 Å². The van der Waals surface area contributed by atoms with Crippen LogP contribution < -0.4 is 9.75 Å². The third kappa shape index (κ3) is 3.45. The molecule has 0 N–H and O–H groups in total. The molecule has 1 aliphatic rings. The summed E-state index contributed by atoms with van der Waals surface area (Å²) in [6.45, 7) is 3.90. The molecule has 1 saturated heterocycles. The fourth-order valence-electron chi connectivity index (χ4n) is 2.65. The number of hydrogen-bond donors (Lipinski definition) is 0. The van der Waals surface area contributed by atoms with Gasteiger partial charge in [0.1, 0.15) is 5.75 Å². The zero-order chi connectivity index (χ0) is 18.3. The smallest absolute Gasteiger partial charge is 0.285 e. The first kappa shape index (κ1) is 18.7. The summed E-state index contributed by atoms with van der Waals surface area (Å²) in [5.74, 6) is 0.525. The molecule has 1 fully saturated rings. The minimum atomic E-state index is -0.143. The summed E-state index contributed by atoms with van der Waals surface area (Å²) in [6.07, 6.45) is 1.81. The Kier molecular flexibility index (Phi) is 5.43. The number of ether oxygens (including phenoxy) is 1. The van der Waals surface area contributed by atoms with E-state index in [1.165, 1.54) is 16.8 Å².